The van der Waals surface area contributed by atoms with E-state index in [1.165, 1.54) is 4.90 Å². The van der Waals surface area contributed by atoms with Gasteiger partial charge in [-0.05, 0) is 19.5 Å². The van der Waals surface area contributed by atoms with Crippen LogP contribution in [0.15, 0.2) is 0 Å². The van der Waals surface area contributed by atoms with Crippen LogP contribution in [0.5, 0.6) is 0 Å². The molecule has 0 fully saturated rings. The summed E-state index contributed by atoms with van der Waals surface area (Å²) >= 11 is 0. The summed E-state index contributed by atoms with van der Waals surface area (Å²) in [5.41, 5.74) is 0. The van der Waals surface area contributed by atoms with Crippen molar-refractivity contribution in [3.05, 3.63) is 0 Å². The summed E-state index contributed by atoms with van der Waals surface area (Å²) in [6, 6.07) is 0. The van der Waals surface area contributed by atoms with Crippen LogP contribution in [0.3, 0.4) is 0 Å². The van der Waals surface area contributed by atoms with Crippen molar-refractivity contribution in [1.82, 2.24) is 4.90 Å². The number of hydrogen-bond acceptors (Lipinski definition) is 2. The molecule has 0 aliphatic heterocycles. The first-order valence-electron chi connectivity index (χ1n) is 4.27. The lowest BCUT2D eigenvalue weighted by atomic mass is 10.3. The van der Waals surface area contributed by atoms with Crippen LogP contribution in [-0.4, -0.2) is 41.5 Å². The lowest BCUT2D eigenvalue weighted by Gasteiger charge is -2.22. The van der Waals surface area contributed by atoms with Crippen molar-refractivity contribution >= 4 is 5.97 Å². The molecule has 0 aliphatic carbocycles. The molecule has 3 nitrogen and oxygen atoms in total. The van der Waals surface area contributed by atoms with Crippen LogP contribution in [0.4, 0.5) is 8.78 Å². The average Bonchev–Trinajstić information content (AvgIpc) is 2.03. The van der Waals surface area contributed by atoms with Crippen LogP contribution in [0.2, 0.25) is 0 Å². The zero-order valence-corrected chi connectivity index (χ0v) is 7.89. The molecule has 0 radical (unpaired) electrons. The molecule has 0 unspecified atom stereocenters. The van der Waals surface area contributed by atoms with Gasteiger partial charge in [-0.25, -0.2) is 4.79 Å². The summed E-state index contributed by atoms with van der Waals surface area (Å²) in [5, 5.41) is 8.18. The average molecular weight is 195 g/mol. The first-order valence-corrected chi connectivity index (χ1v) is 4.27. The zero-order chi connectivity index (χ0) is 10.5. The van der Waals surface area contributed by atoms with Gasteiger partial charge in [0.1, 0.15) is 0 Å². The van der Waals surface area contributed by atoms with Gasteiger partial charge in [0.2, 0.25) is 0 Å². The van der Waals surface area contributed by atoms with Gasteiger partial charge in [-0.15, -0.1) is 0 Å². The minimum Gasteiger partial charge on any atom is -0.477 e. The van der Waals surface area contributed by atoms with Gasteiger partial charge in [0.25, 0.3) is 0 Å². The van der Waals surface area contributed by atoms with Gasteiger partial charge in [0.05, 0.1) is 6.54 Å². The van der Waals surface area contributed by atoms with Crippen LogP contribution in [-0.2, 0) is 4.79 Å². The van der Waals surface area contributed by atoms with Crippen LogP contribution in [0, 0.1) is 0 Å². The molecule has 13 heavy (non-hydrogen) atoms. The third-order valence-corrected chi connectivity index (χ3v) is 1.72. The maximum atomic E-state index is 12.7. The van der Waals surface area contributed by atoms with Crippen molar-refractivity contribution in [1.29, 1.82) is 0 Å². The number of alkyl halides is 2. The highest BCUT2D eigenvalue weighted by molar-refractivity contribution is 5.75. The van der Waals surface area contributed by atoms with E-state index in [1.54, 1.807) is 6.92 Å². The normalized spacial score (nSPS) is 12.1. The number of rotatable bonds is 6. The van der Waals surface area contributed by atoms with E-state index in [0.717, 1.165) is 6.42 Å². The highest BCUT2D eigenvalue weighted by Crippen LogP contribution is 2.15. The Balaban J connectivity index is 4.13. The van der Waals surface area contributed by atoms with E-state index < -0.39 is 18.4 Å². The fourth-order valence-electron chi connectivity index (χ4n) is 1.01. The molecule has 78 valence electrons. The molecule has 0 spiro atoms. The van der Waals surface area contributed by atoms with Crippen LogP contribution < -0.4 is 0 Å². The molecule has 0 heterocycles. The Kier molecular flexibility index (Phi) is 4.83. The quantitative estimate of drug-likeness (QED) is 0.697. The van der Waals surface area contributed by atoms with Gasteiger partial charge in [-0.3, -0.25) is 4.90 Å². The monoisotopic (exact) mass is 195 g/mol. The minimum atomic E-state index is -3.63. The fraction of sp³-hybridized carbons (Fsp3) is 0.875. The second kappa shape index (κ2) is 5.11. The van der Waals surface area contributed by atoms with E-state index in [4.69, 9.17) is 5.11 Å². The van der Waals surface area contributed by atoms with Crippen molar-refractivity contribution in [3.63, 3.8) is 0 Å². The minimum absolute atomic E-state index is 0.441. The molecule has 0 saturated heterocycles. The second-order valence-corrected chi connectivity index (χ2v) is 2.88. The van der Waals surface area contributed by atoms with Crippen LogP contribution in [0.1, 0.15) is 20.3 Å². The molecule has 0 bridgehead atoms. The van der Waals surface area contributed by atoms with Crippen molar-refractivity contribution in [3.8, 4) is 0 Å². The Morgan fingerprint density at radius 3 is 2.31 bits per heavy atom. The van der Waals surface area contributed by atoms with E-state index in [-0.39, 0.29) is 0 Å². The van der Waals surface area contributed by atoms with Gasteiger partial charge < -0.3 is 5.11 Å². The lowest BCUT2D eigenvalue weighted by Crippen LogP contribution is -2.42. The Hall–Kier alpha value is -0.710. The standard InChI is InChI=1S/C8H15F2NO2/c1-3-5-11(4-2)6-8(9,10)7(12)13/h3-6H2,1-2H3,(H,12,13). The molecule has 0 saturated carbocycles. The molecular formula is C8H15F2NO2. The third kappa shape index (κ3) is 4.17. The van der Waals surface area contributed by atoms with Gasteiger partial charge >= 0.3 is 11.9 Å². The number of carboxylic acids is 1. The Labute approximate surface area is 76.3 Å². The largest absolute Gasteiger partial charge is 0.477 e. The summed E-state index contributed by atoms with van der Waals surface area (Å²) in [7, 11) is 0. The Bertz CT molecular complexity index is 174. The van der Waals surface area contributed by atoms with E-state index in [0.29, 0.717) is 13.1 Å². The summed E-state index contributed by atoms with van der Waals surface area (Å²) < 4.78 is 25.3. The number of nitrogens with zero attached hydrogens (tertiary/aromatic N) is 1. The van der Waals surface area contributed by atoms with E-state index >= 15 is 0 Å². The van der Waals surface area contributed by atoms with Gasteiger partial charge in [0.15, 0.2) is 0 Å². The number of carboxylic acid groups (broad SMARTS) is 1. The number of carbonyl (C=O) groups is 1. The molecule has 0 atom stereocenters. The summed E-state index contributed by atoms with van der Waals surface area (Å²) in [6.07, 6.45) is 0.740. The first-order chi connectivity index (χ1) is 5.94. The van der Waals surface area contributed by atoms with Crippen molar-refractivity contribution < 1.29 is 18.7 Å². The Morgan fingerprint density at radius 1 is 1.46 bits per heavy atom. The molecular weight excluding hydrogens is 180 g/mol. The van der Waals surface area contributed by atoms with E-state index in [2.05, 4.69) is 0 Å². The summed E-state index contributed by atoms with van der Waals surface area (Å²) in [4.78, 5) is 11.5. The smallest absolute Gasteiger partial charge is 0.375 e. The van der Waals surface area contributed by atoms with Crippen molar-refractivity contribution in [2.75, 3.05) is 19.6 Å². The van der Waals surface area contributed by atoms with Crippen LogP contribution in [0.25, 0.3) is 0 Å². The number of aliphatic carboxylic acids is 1. The summed E-state index contributed by atoms with van der Waals surface area (Å²) in [5.74, 6) is -5.69. The fourth-order valence-corrected chi connectivity index (χ4v) is 1.01. The SMILES string of the molecule is CCCN(CC)CC(F)(F)C(=O)O. The van der Waals surface area contributed by atoms with Crippen molar-refractivity contribution in [2.24, 2.45) is 0 Å². The lowest BCUT2D eigenvalue weighted by molar-refractivity contribution is -0.167. The molecule has 5 heteroatoms. The topological polar surface area (TPSA) is 40.5 Å². The third-order valence-electron chi connectivity index (χ3n) is 1.72. The first kappa shape index (κ1) is 12.3. The van der Waals surface area contributed by atoms with E-state index in [1.807, 2.05) is 6.92 Å². The molecule has 0 rings (SSSR count). The highest BCUT2D eigenvalue weighted by atomic mass is 19.3. The molecule has 0 aromatic rings. The Morgan fingerprint density at radius 2 is 2.00 bits per heavy atom. The maximum Gasteiger partial charge on any atom is 0.375 e. The highest BCUT2D eigenvalue weighted by Gasteiger charge is 2.40. The molecule has 0 aliphatic rings. The van der Waals surface area contributed by atoms with Gasteiger partial charge in [0, 0.05) is 0 Å². The zero-order valence-electron chi connectivity index (χ0n) is 7.89. The number of halogens is 2. The molecule has 0 aromatic carbocycles. The predicted molar refractivity (Wildman–Crippen MR) is 45.0 cm³/mol. The molecule has 1 N–H and O–H groups in total. The molecule has 0 amide bonds. The maximum absolute atomic E-state index is 12.7. The van der Waals surface area contributed by atoms with Crippen molar-refractivity contribution in [2.45, 2.75) is 26.2 Å². The predicted octanol–water partition coefficient (Wildman–Crippen LogP) is 1.44. The molecule has 0 aromatic heterocycles. The van der Waals surface area contributed by atoms with E-state index in [9.17, 15) is 13.6 Å². The second-order valence-electron chi connectivity index (χ2n) is 2.88. The van der Waals surface area contributed by atoms with Gasteiger partial charge in [-0.2, -0.15) is 8.78 Å². The number of hydrogen-bond donors (Lipinski definition) is 1. The van der Waals surface area contributed by atoms with Gasteiger partial charge in [-0.1, -0.05) is 13.8 Å². The van der Waals surface area contributed by atoms with Crippen LogP contribution >= 0.6 is 0 Å². The summed E-state index contributed by atoms with van der Waals surface area (Å²) in [6.45, 7) is 3.83.